The zero-order valence-corrected chi connectivity index (χ0v) is 9.08. The van der Waals surface area contributed by atoms with Gasteiger partial charge in [-0.05, 0) is 37.3 Å². The van der Waals surface area contributed by atoms with Crippen LogP contribution in [0.4, 0.5) is 0 Å². The standard InChI is InChI=1S/C12H20N2/c1-11-4-3-7-14(9-11)10-12-5-2-6-13-8-12/h5,8,11H,2-4,6-7,9-10H2,1H3. The first-order chi connectivity index (χ1) is 6.84. The number of dihydropyridines is 1. The van der Waals surface area contributed by atoms with E-state index in [0.29, 0.717) is 0 Å². The Morgan fingerprint density at radius 1 is 1.57 bits per heavy atom. The third-order valence-corrected chi connectivity index (χ3v) is 3.07. The average molecular weight is 192 g/mol. The molecule has 2 nitrogen and oxygen atoms in total. The number of piperidine rings is 1. The number of aliphatic imine (C=N–C) groups is 1. The SMILES string of the molecule is CC1CCCN(CC2=CCCN=C2)C1. The smallest absolute Gasteiger partial charge is 0.0424 e. The van der Waals surface area contributed by atoms with E-state index in [2.05, 4.69) is 29.1 Å². The van der Waals surface area contributed by atoms with Crippen LogP contribution in [0.1, 0.15) is 26.2 Å². The van der Waals surface area contributed by atoms with Gasteiger partial charge in [0.25, 0.3) is 0 Å². The normalized spacial score (nSPS) is 28.9. The summed E-state index contributed by atoms with van der Waals surface area (Å²) >= 11 is 0. The van der Waals surface area contributed by atoms with Gasteiger partial charge in [-0.3, -0.25) is 9.89 Å². The molecule has 1 atom stereocenters. The largest absolute Gasteiger partial charge is 0.299 e. The molecule has 0 saturated carbocycles. The minimum absolute atomic E-state index is 0.880. The average Bonchev–Trinajstić information content (AvgIpc) is 2.19. The summed E-state index contributed by atoms with van der Waals surface area (Å²) < 4.78 is 0. The monoisotopic (exact) mass is 192 g/mol. The fourth-order valence-corrected chi connectivity index (χ4v) is 2.35. The number of rotatable bonds is 2. The van der Waals surface area contributed by atoms with Crippen LogP contribution in [-0.2, 0) is 0 Å². The lowest BCUT2D eigenvalue weighted by molar-refractivity contribution is 0.199. The van der Waals surface area contributed by atoms with E-state index in [0.717, 1.165) is 25.4 Å². The van der Waals surface area contributed by atoms with Crippen LogP contribution in [0.5, 0.6) is 0 Å². The third-order valence-electron chi connectivity index (χ3n) is 3.07. The lowest BCUT2D eigenvalue weighted by Gasteiger charge is -2.31. The van der Waals surface area contributed by atoms with Crippen molar-refractivity contribution >= 4 is 6.21 Å². The van der Waals surface area contributed by atoms with Crippen molar-refractivity contribution in [2.45, 2.75) is 26.2 Å². The molecule has 0 N–H and O–H groups in total. The third kappa shape index (κ3) is 2.68. The molecule has 2 aliphatic rings. The van der Waals surface area contributed by atoms with E-state index in [-0.39, 0.29) is 0 Å². The topological polar surface area (TPSA) is 15.6 Å². The molecule has 0 aromatic rings. The van der Waals surface area contributed by atoms with E-state index in [1.54, 1.807) is 0 Å². The van der Waals surface area contributed by atoms with Crippen molar-refractivity contribution in [3.05, 3.63) is 11.6 Å². The molecule has 0 aromatic carbocycles. The van der Waals surface area contributed by atoms with Gasteiger partial charge in [-0.25, -0.2) is 0 Å². The molecule has 2 rings (SSSR count). The number of hydrogen-bond donors (Lipinski definition) is 0. The van der Waals surface area contributed by atoms with Gasteiger partial charge in [0.2, 0.25) is 0 Å². The highest BCUT2D eigenvalue weighted by Gasteiger charge is 2.16. The van der Waals surface area contributed by atoms with Crippen LogP contribution in [0.2, 0.25) is 0 Å². The molecule has 0 bridgehead atoms. The molecule has 1 fully saturated rings. The molecule has 78 valence electrons. The second-order valence-corrected chi connectivity index (χ2v) is 4.59. The quantitative estimate of drug-likeness (QED) is 0.654. The highest BCUT2D eigenvalue weighted by atomic mass is 15.1. The van der Waals surface area contributed by atoms with Gasteiger partial charge in [-0.15, -0.1) is 0 Å². The van der Waals surface area contributed by atoms with Crippen molar-refractivity contribution in [1.29, 1.82) is 0 Å². The van der Waals surface area contributed by atoms with E-state index in [1.807, 2.05) is 0 Å². The van der Waals surface area contributed by atoms with E-state index in [9.17, 15) is 0 Å². The number of likely N-dealkylation sites (tertiary alicyclic amines) is 1. The van der Waals surface area contributed by atoms with Crippen LogP contribution < -0.4 is 0 Å². The summed E-state index contributed by atoms with van der Waals surface area (Å²) in [4.78, 5) is 6.89. The molecule has 0 aromatic heterocycles. The van der Waals surface area contributed by atoms with Crippen molar-refractivity contribution in [2.24, 2.45) is 10.9 Å². The molecule has 0 amide bonds. The second kappa shape index (κ2) is 4.74. The van der Waals surface area contributed by atoms with Crippen molar-refractivity contribution in [3.8, 4) is 0 Å². The maximum Gasteiger partial charge on any atom is 0.0424 e. The summed E-state index contributed by atoms with van der Waals surface area (Å²) in [6, 6.07) is 0. The van der Waals surface area contributed by atoms with Crippen molar-refractivity contribution < 1.29 is 0 Å². The highest BCUT2D eigenvalue weighted by Crippen LogP contribution is 2.16. The molecule has 2 heteroatoms. The first-order valence-electron chi connectivity index (χ1n) is 5.76. The fourth-order valence-electron chi connectivity index (χ4n) is 2.35. The van der Waals surface area contributed by atoms with E-state index >= 15 is 0 Å². The van der Waals surface area contributed by atoms with E-state index in [4.69, 9.17) is 0 Å². The summed E-state index contributed by atoms with van der Waals surface area (Å²) in [6.07, 6.45) is 8.31. The molecule has 14 heavy (non-hydrogen) atoms. The fraction of sp³-hybridized carbons (Fsp3) is 0.750. The minimum Gasteiger partial charge on any atom is -0.299 e. The Morgan fingerprint density at radius 2 is 2.50 bits per heavy atom. The maximum absolute atomic E-state index is 4.32. The predicted molar refractivity (Wildman–Crippen MR) is 60.9 cm³/mol. The van der Waals surface area contributed by atoms with E-state index < -0.39 is 0 Å². The van der Waals surface area contributed by atoms with Crippen molar-refractivity contribution in [3.63, 3.8) is 0 Å². The lowest BCUT2D eigenvalue weighted by atomic mass is 9.99. The van der Waals surface area contributed by atoms with Gasteiger partial charge < -0.3 is 0 Å². The summed E-state index contributed by atoms with van der Waals surface area (Å²) in [7, 11) is 0. The van der Waals surface area contributed by atoms with Gasteiger partial charge in [0.15, 0.2) is 0 Å². The molecule has 0 aliphatic carbocycles. The summed E-state index contributed by atoms with van der Waals surface area (Å²) in [5.41, 5.74) is 1.42. The zero-order valence-electron chi connectivity index (χ0n) is 9.08. The molecule has 2 aliphatic heterocycles. The van der Waals surface area contributed by atoms with Crippen molar-refractivity contribution in [1.82, 2.24) is 4.90 Å². The van der Waals surface area contributed by atoms with Crippen LogP contribution in [0.25, 0.3) is 0 Å². The molecule has 2 heterocycles. The van der Waals surface area contributed by atoms with Gasteiger partial charge in [0.05, 0.1) is 0 Å². The Hall–Kier alpha value is -0.630. The lowest BCUT2D eigenvalue weighted by Crippen LogP contribution is -2.36. The maximum atomic E-state index is 4.32. The Kier molecular flexibility index (Phi) is 3.35. The Morgan fingerprint density at radius 3 is 3.21 bits per heavy atom. The van der Waals surface area contributed by atoms with Crippen LogP contribution in [0.3, 0.4) is 0 Å². The first-order valence-corrected chi connectivity index (χ1v) is 5.76. The van der Waals surface area contributed by atoms with Gasteiger partial charge in [-0.1, -0.05) is 13.0 Å². The Balaban J connectivity index is 1.84. The van der Waals surface area contributed by atoms with Crippen LogP contribution >= 0.6 is 0 Å². The molecule has 0 radical (unpaired) electrons. The molecular formula is C12H20N2. The van der Waals surface area contributed by atoms with Gasteiger partial charge >= 0.3 is 0 Å². The first kappa shape index (κ1) is 9.91. The number of hydrogen-bond acceptors (Lipinski definition) is 2. The van der Waals surface area contributed by atoms with Gasteiger partial charge in [-0.2, -0.15) is 0 Å². The predicted octanol–water partition coefficient (Wildman–Crippen LogP) is 2.12. The van der Waals surface area contributed by atoms with Crippen molar-refractivity contribution in [2.75, 3.05) is 26.2 Å². The molecule has 1 saturated heterocycles. The molecular weight excluding hydrogens is 172 g/mol. The van der Waals surface area contributed by atoms with Crippen LogP contribution in [-0.4, -0.2) is 37.3 Å². The Bertz CT molecular complexity index is 243. The Labute approximate surface area is 86.7 Å². The van der Waals surface area contributed by atoms with Crippen LogP contribution in [0.15, 0.2) is 16.6 Å². The second-order valence-electron chi connectivity index (χ2n) is 4.59. The molecule has 1 unspecified atom stereocenters. The summed E-state index contributed by atoms with van der Waals surface area (Å²) in [5, 5.41) is 0. The highest BCUT2D eigenvalue weighted by molar-refractivity contribution is 5.79. The van der Waals surface area contributed by atoms with E-state index in [1.165, 1.54) is 31.5 Å². The summed E-state index contributed by atoms with van der Waals surface area (Å²) in [6.45, 7) is 7.00. The van der Waals surface area contributed by atoms with Gasteiger partial charge in [0.1, 0.15) is 0 Å². The zero-order chi connectivity index (χ0) is 9.80. The molecule has 0 spiro atoms. The minimum atomic E-state index is 0.880. The van der Waals surface area contributed by atoms with Gasteiger partial charge in [0, 0.05) is 25.8 Å². The van der Waals surface area contributed by atoms with Crippen LogP contribution in [0, 0.1) is 5.92 Å². The number of nitrogens with zero attached hydrogens (tertiary/aromatic N) is 2. The summed E-state index contributed by atoms with van der Waals surface area (Å²) in [5.74, 6) is 0.880.